The number of likely N-dealkylation sites (tertiary alicyclic amines) is 1. The second kappa shape index (κ2) is 7.90. The van der Waals surface area contributed by atoms with Crippen LogP contribution >= 0.6 is 0 Å². The molecule has 128 valence electrons. The Morgan fingerprint density at radius 1 is 1.39 bits per heavy atom. The van der Waals surface area contributed by atoms with Crippen LogP contribution in [0.15, 0.2) is 24.5 Å². The summed E-state index contributed by atoms with van der Waals surface area (Å²) in [6, 6.07) is 3.82. The van der Waals surface area contributed by atoms with Gasteiger partial charge in [0.15, 0.2) is 0 Å². The summed E-state index contributed by atoms with van der Waals surface area (Å²) in [6.07, 6.45) is 5.02. The fourth-order valence-corrected chi connectivity index (χ4v) is 4.12. The highest BCUT2D eigenvalue weighted by Crippen LogP contribution is 2.21. The lowest BCUT2D eigenvalue weighted by Crippen LogP contribution is -2.42. The van der Waals surface area contributed by atoms with Crippen molar-refractivity contribution >= 4 is 16.9 Å². The first-order chi connectivity index (χ1) is 10.8. The Labute approximate surface area is 140 Å². The highest BCUT2D eigenvalue weighted by molar-refractivity contribution is 7.84. The van der Waals surface area contributed by atoms with Gasteiger partial charge >= 0.3 is 6.09 Å². The van der Waals surface area contributed by atoms with Gasteiger partial charge in [-0.05, 0) is 51.2 Å². The quantitative estimate of drug-likeness (QED) is 0.847. The molecule has 6 heteroatoms. The van der Waals surface area contributed by atoms with Crippen molar-refractivity contribution in [2.45, 2.75) is 45.0 Å². The summed E-state index contributed by atoms with van der Waals surface area (Å²) in [5.74, 6) is 1.66. The van der Waals surface area contributed by atoms with E-state index >= 15 is 0 Å². The average Bonchev–Trinajstić information content (AvgIpc) is 2.47. The third kappa shape index (κ3) is 6.29. The molecule has 2 heterocycles. The number of aromatic nitrogens is 1. The van der Waals surface area contributed by atoms with Gasteiger partial charge in [-0.15, -0.1) is 0 Å². The molecule has 0 saturated carbocycles. The molecule has 1 atom stereocenters. The van der Waals surface area contributed by atoms with E-state index in [4.69, 9.17) is 4.74 Å². The van der Waals surface area contributed by atoms with Gasteiger partial charge in [0.1, 0.15) is 5.60 Å². The van der Waals surface area contributed by atoms with E-state index in [0.29, 0.717) is 30.5 Å². The fourth-order valence-electron chi connectivity index (χ4n) is 2.60. The van der Waals surface area contributed by atoms with E-state index in [1.54, 1.807) is 17.3 Å². The zero-order valence-electron chi connectivity index (χ0n) is 14.2. The Bertz CT molecular complexity index is 535. The normalized spacial score (nSPS) is 17.8. The molecular formula is C17H26N2O3S. The highest BCUT2D eigenvalue weighted by atomic mass is 32.2. The zero-order valence-corrected chi connectivity index (χ0v) is 15.0. The molecule has 2 rings (SSSR count). The van der Waals surface area contributed by atoms with Gasteiger partial charge in [-0.1, -0.05) is 6.07 Å². The molecule has 1 aromatic heterocycles. The Kier molecular flexibility index (Phi) is 6.16. The molecule has 1 amide bonds. The molecule has 1 saturated heterocycles. The second-order valence-corrected chi connectivity index (χ2v) is 8.52. The first kappa shape index (κ1) is 17.9. The van der Waals surface area contributed by atoms with Crippen LogP contribution in [0.25, 0.3) is 0 Å². The number of nitrogens with zero attached hydrogens (tertiary/aromatic N) is 2. The largest absolute Gasteiger partial charge is 0.444 e. The molecule has 1 aliphatic heterocycles. The van der Waals surface area contributed by atoms with Crippen molar-refractivity contribution in [2.24, 2.45) is 5.92 Å². The molecule has 23 heavy (non-hydrogen) atoms. The van der Waals surface area contributed by atoms with Crippen molar-refractivity contribution in [2.75, 3.05) is 18.8 Å². The molecule has 1 aliphatic rings. The van der Waals surface area contributed by atoms with E-state index < -0.39 is 16.4 Å². The highest BCUT2D eigenvalue weighted by Gasteiger charge is 2.27. The summed E-state index contributed by atoms with van der Waals surface area (Å²) in [6.45, 7) is 6.99. The van der Waals surface area contributed by atoms with Crippen molar-refractivity contribution in [3.8, 4) is 0 Å². The lowest BCUT2D eigenvalue weighted by atomic mass is 9.99. The topological polar surface area (TPSA) is 59.5 Å². The van der Waals surface area contributed by atoms with Crippen LogP contribution in [0.4, 0.5) is 4.79 Å². The van der Waals surface area contributed by atoms with Crippen LogP contribution in [-0.4, -0.2) is 44.6 Å². The number of hydrogen-bond acceptors (Lipinski definition) is 4. The monoisotopic (exact) mass is 338 g/mol. The zero-order chi connectivity index (χ0) is 16.9. The summed E-state index contributed by atoms with van der Waals surface area (Å²) >= 11 is 0. The molecule has 5 nitrogen and oxygen atoms in total. The van der Waals surface area contributed by atoms with Gasteiger partial charge in [-0.25, -0.2) is 4.79 Å². The molecule has 0 aromatic carbocycles. The van der Waals surface area contributed by atoms with Gasteiger partial charge in [0.05, 0.1) is 5.75 Å². The fraction of sp³-hybridized carbons (Fsp3) is 0.647. The molecular weight excluding hydrogens is 312 g/mol. The molecule has 1 aromatic rings. The number of amides is 1. The molecule has 0 unspecified atom stereocenters. The van der Waals surface area contributed by atoms with Gasteiger partial charge in [0, 0.05) is 42.0 Å². The molecule has 0 N–H and O–H groups in total. The van der Waals surface area contributed by atoms with Crippen molar-refractivity contribution in [1.82, 2.24) is 9.88 Å². The summed E-state index contributed by atoms with van der Waals surface area (Å²) < 4.78 is 17.7. The first-order valence-electron chi connectivity index (χ1n) is 8.05. The van der Waals surface area contributed by atoms with Gasteiger partial charge in [0.2, 0.25) is 0 Å². The average molecular weight is 338 g/mol. The third-order valence-corrected chi connectivity index (χ3v) is 5.24. The van der Waals surface area contributed by atoms with Crippen LogP contribution in [-0.2, 0) is 21.3 Å². The number of pyridine rings is 1. The number of hydrogen-bond donors (Lipinski definition) is 0. The minimum Gasteiger partial charge on any atom is -0.444 e. The van der Waals surface area contributed by atoms with E-state index in [0.717, 1.165) is 18.4 Å². The van der Waals surface area contributed by atoms with Crippen LogP contribution in [0.5, 0.6) is 0 Å². The van der Waals surface area contributed by atoms with Gasteiger partial charge in [0.25, 0.3) is 0 Å². The van der Waals surface area contributed by atoms with Crippen molar-refractivity contribution in [3.05, 3.63) is 30.1 Å². The summed E-state index contributed by atoms with van der Waals surface area (Å²) in [5.41, 5.74) is 0.552. The third-order valence-electron chi connectivity index (χ3n) is 3.74. The van der Waals surface area contributed by atoms with Crippen LogP contribution in [0.1, 0.15) is 39.2 Å². The van der Waals surface area contributed by atoms with Crippen LogP contribution in [0, 0.1) is 5.92 Å². The molecule has 0 aliphatic carbocycles. The Hall–Kier alpha value is -1.43. The Balaban J connectivity index is 1.74. The smallest absolute Gasteiger partial charge is 0.410 e. The van der Waals surface area contributed by atoms with Crippen LogP contribution in [0.2, 0.25) is 0 Å². The maximum atomic E-state index is 12.3. The molecule has 0 bridgehead atoms. The lowest BCUT2D eigenvalue weighted by Gasteiger charge is -2.33. The van der Waals surface area contributed by atoms with Crippen molar-refractivity contribution in [3.63, 3.8) is 0 Å². The SMILES string of the molecule is CC(C)(C)OC(=O)N1CCC(C[S@](=O)Cc2cccnc2)CC1. The van der Waals surface area contributed by atoms with Gasteiger partial charge in [-0.3, -0.25) is 9.19 Å². The predicted molar refractivity (Wildman–Crippen MR) is 91.5 cm³/mol. The minimum absolute atomic E-state index is 0.243. The lowest BCUT2D eigenvalue weighted by molar-refractivity contribution is 0.0191. The minimum atomic E-state index is -0.881. The number of carbonyl (C=O) groups is 1. The van der Waals surface area contributed by atoms with E-state index in [1.165, 1.54) is 0 Å². The first-order valence-corrected chi connectivity index (χ1v) is 9.54. The number of ether oxygens (including phenoxy) is 1. The standard InChI is InChI=1S/C17H26N2O3S/c1-17(2,3)22-16(20)19-9-6-14(7-10-19)12-23(21)13-15-5-4-8-18-11-15/h4-5,8,11,14H,6-7,9-10,12-13H2,1-3H3/t23-/m0/s1. The molecule has 1 fully saturated rings. The second-order valence-electron chi connectivity index (χ2n) is 7.02. The number of carbonyl (C=O) groups excluding carboxylic acids is 1. The summed E-state index contributed by atoms with van der Waals surface area (Å²) in [7, 11) is -0.881. The number of piperidine rings is 1. The molecule has 0 radical (unpaired) electrons. The number of rotatable bonds is 4. The van der Waals surface area contributed by atoms with Crippen molar-refractivity contribution in [1.29, 1.82) is 0 Å². The molecule has 0 spiro atoms. The van der Waals surface area contributed by atoms with E-state index in [9.17, 15) is 9.00 Å². The maximum Gasteiger partial charge on any atom is 0.410 e. The van der Waals surface area contributed by atoms with Gasteiger partial charge < -0.3 is 9.64 Å². The Morgan fingerprint density at radius 3 is 2.65 bits per heavy atom. The Morgan fingerprint density at radius 2 is 2.09 bits per heavy atom. The van der Waals surface area contributed by atoms with Crippen LogP contribution in [0.3, 0.4) is 0 Å². The maximum absolute atomic E-state index is 12.3. The van der Waals surface area contributed by atoms with E-state index in [1.807, 2.05) is 32.9 Å². The van der Waals surface area contributed by atoms with Gasteiger partial charge in [-0.2, -0.15) is 0 Å². The van der Waals surface area contributed by atoms with E-state index in [-0.39, 0.29) is 6.09 Å². The predicted octanol–water partition coefficient (Wildman–Crippen LogP) is 2.98. The summed E-state index contributed by atoms with van der Waals surface area (Å²) in [5, 5.41) is 0. The van der Waals surface area contributed by atoms with Crippen molar-refractivity contribution < 1.29 is 13.7 Å². The van der Waals surface area contributed by atoms with E-state index in [2.05, 4.69) is 4.98 Å². The van der Waals surface area contributed by atoms with Crippen LogP contribution < -0.4 is 0 Å². The summed E-state index contributed by atoms with van der Waals surface area (Å²) in [4.78, 5) is 17.8.